The summed E-state index contributed by atoms with van der Waals surface area (Å²) in [6, 6.07) is 18.7. The van der Waals surface area contributed by atoms with Crippen molar-refractivity contribution in [1.82, 2.24) is 30.0 Å². The summed E-state index contributed by atoms with van der Waals surface area (Å²) in [5, 5.41) is 15.6. The molecule has 5 rings (SSSR count). The number of likely N-dealkylation sites (tertiary alicyclic amines) is 1. The average molecular weight is 519 g/mol. The van der Waals surface area contributed by atoms with Crippen molar-refractivity contribution in [2.24, 2.45) is 0 Å². The molecular weight excluding hydrogens is 488 g/mol. The number of nitrogens with zero attached hydrogens (tertiary/aromatic N) is 5. The molecule has 7 nitrogen and oxygen atoms in total. The van der Waals surface area contributed by atoms with Crippen LogP contribution in [0.5, 0.6) is 0 Å². The van der Waals surface area contributed by atoms with Crippen molar-refractivity contribution in [2.45, 2.75) is 37.1 Å². The van der Waals surface area contributed by atoms with Crippen LogP contribution in [0, 0.1) is 6.92 Å². The Bertz CT molecular complexity index is 1280. The first-order valence-corrected chi connectivity index (χ1v) is 14.2. The minimum Gasteiger partial charge on any atom is -0.349 e. The standard InChI is InChI=1S/C27H30N6OS2/c1-20-9-11-22(12-10-20)33-24(17-21-7-3-2-4-8-21)30-31-27(33)36-19-25-29-23(18-35-25)26(34)28-13-16-32-14-5-6-15-32/h2-4,7-12,18H,5-6,13-17,19H2,1H3,(H,28,34). The van der Waals surface area contributed by atoms with Crippen molar-refractivity contribution >= 4 is 29.0 Å². The van der Waals surface area contributed by atoms with Crippen LogP contribution >= 0.6 is 23.1 Å². The first kappa shape index (κ1) is 24.7. The fourth-order valence-corrected chi connectivity index (χ4v) is 6.03. The largest absolute Gasteiger partial charge is 0.349 e. The molecule has 1 fully saturated rings. The SMILES string of the molecule is Cc1ccc(-n2c(Cc3ccccc3)nnc2SCc2nc(C(=O)NCCN3CCCC3)cs2)cc1. The van der Waals surface area contributed by atoms with Gasteiger partial charge in [-0.3, -0.25) is 9.36 Å². The van der Waals surface area contributed by atoms with Gasteiger partial charge in [-0.1, -0.05) is 59.8 Å². The van der Waals surface area contributed by atoms with E-state index >= 15 is 0 Å². The topological polar surface area (TPSA) is 75.9 Å². The first-order valence-electron chi connectivity index (χ1n) is 12.3. The van der Waals surface area contributed by atoms with Crippen LogP contribution in [0.15, 0.2) is 65.1 Å². The lowest BCUT2D eigenvalue weighted by atomic mass is 10.1. The van der Waals surface area contributed by atoms with Crippen LogP contribution in [0.2, 0.25) is 0 Å². The van der Waals surface area contributed by atoms with E-state index in [4.69, 9.17) is 0 Å². The van der Waals surface area contributed by atoms with E-state index in [-0.39, 0.29) is 5.91 Å². The first-order chi connectivity index (χ1) is 17.7. The number of amides is 1. The molecule has 1 amide bonds. The molecule has 1 aliphatic heterocycles. The number of hydrogen-bond donors (Lipinski definition) is 1. The van der Waals surface area contributed by atoms with Gasteiger partial charge in [0, 0.05) is 30.6 Å². The van der Waals surface area contributed by atoms with Crippen LogP contribution in [0.25, 0.3) is 5.69 Å². The second-order valence-corrected chi connectivity index (χ2v) is 10.8. The Morgan fingerprint density at radius 1 is 1.06 bits per heavy atom. The maximum atomic E-state index is 12.5. The molecule has 0 bridgehead atoms. The molecule has 2 aromatic heterocycles. The van der Waals surface area contributed by atoms with Gasteiger partial charge in [-0.2, -0.15) is 0 Å². The summed E-state index contributed by atoms with van der Waals surface area (Å²) in [6.45, 7) is 5.91. The Morgan fingerprint density at radius 2 is 1.83 bits per heavy atom. The molecular formula is C27H30N6OS2. The molecule has 0 spiro atoms. The Morgan fingerprint density at radius 3 is 2.61 bits per heavy atom. The number of thiazole rings is 1. The lowest BCUT2D eigenvalue weighted by Crippen LogP contribution is -2.33. The van der Waals surface area contributed by atoms with Gasteiger partial charge in [-0.05, 0) is 50.6 Å². The Kier molecular flexibility index (Phi) is 8.10. The lowest BCUT2D eigenvalue weighted by molar-refractivity contribution is 0.0945. The zero-order valence-electron chi connectivity index (χ0n) is 20.4. The molecule has 3 heterocycles. The number of carbonyl (C=O) groups excluding carboxylic acids is 1. The molecule has 0 unspecified atom stereocenters. The highest BCUT2D eigenvalue weighted by Gasteiger charge is 2.17. The Labute approximate surface area is 220 Å². The third kappa shape index (κ3) is 6.21. The van der Waals surface area contributed by atoms with Crippen molar-refractivity contribution in [1.29, 1.82) is 0 Å². The fourth-order valence-electron chi connectivity index (χ4n) is 4.27. The maximum absolute atomic E-state index is 12.5. The number of nitrogens with one attached hydrogen (secondary N) is 1. The molecule has 186 valence electrons. The van der Waals surface area contributed by atoms with Crippen molar-refractivity contribution < 1.29 is 4.79 Å². The summed E-state index contributed by atoms with van der Waals surface area (Å²) in [5.41, 5.74) is 3.92. The normalized spacial score (nSPS) is 13.8. The van der Waals surface area contributed by atoms with Crippen molar-refractivity contribution in [3.63, 3.8) is 0 Å². The molecule has 1 saturated heterocycles. The number of thioether (sulfide) groups is 1. The van der Waals surface area contributed by atoms with Gasteiger partial charge in [0.05, 0.1) is 5.75 Å². The monoisotopic (exact) mass is 518 g/mol. The number of aromatic nitrogens is 4. The highest BCUT2D eigenvalue weighted by atomic mass is 32.2. The van der Waals surface area contributed by atoms with Gasteiger partial charge in [0.15, 0.2) is 5.16 Å². The fraction of sp³-hybridized carbons (Fsp3) is 0.333. The summed E-state index contributed by atoms with van der Waals surface area (Å²) < 4.78 is 2.12. The van der Waals surface area contributed by atoms with Gasteiger partial charge in [0.1, 0.15) is 16.5 Å². The molecule has 0 radical (unpaired) electrons. The molecule has 1 aliphatic rings. The highest BCUT2D eigenvalue weighted by molar-refractivity contribution is 7.98. The summed E-state index contributed by atoms with van der Waals surface area (Å²) in [4.78, 5) is 19.5. The zero-order chi connectivity index (χ0) is 24.7. The van der Waals surface area contributed by atoms with Gasteiger partial charge in [-0.25, -0.2) is 4.98 Å². The number of aryl methyl sites for hydroxylation is 1. The van der Waals surface area contributed by atoms with Gasteiger partial charge in [-0.15, -0.1) is 21.5 Å². The van der Waals surface area contributed by atoms with E-state index in [9.17, 15) is 4.79 Å². The van der Waals surface area contributed by atoms with E-state index in [0.29, 0.717) is 24.4 Å². The number of carbonyl (C=O) groups is 1. The van der Waals surface area contributed by atoms with Gasteiger partial charge in [0.25, 0.3) is 5.91 Å². The molecule has 4 aromatic rings. The van der Waals surface area contributed by atoms with Crippen LogP contribution in [0.3, 0.4) is 0 Å². The van der Waals surface area contributed by atoms with Crippen molar-refractivity contribution in [3.8, 4) is 5.69 Å². The van der Waals surface area contributed by atoms with E-state index in [0.717, 1.165) is 41.3 Å². The van der Waals surface area contributed by atoms with Crippen LogP contribution in [0.4, 0.5) is 0 Å². The third-order valence-corrected chi connectivity index (χ3v) is 8.19. The van der Waals surface area contributed by atoms with Crippen molar-refractivity contribution in [2.75, 3.05) is 26.2 Å². The second kappa shape index (κ2) is 11.8. The predicted octanol–water partition coefficient (Wildman–Crippen LogP) is 4.74. The summed E-state index contributed by atoms with van der Waals surface area (Å²) in [7, 11) is 0. The van der Waals surface area contributed by atoms with Gasteiger partial charge < -0.3 is 10.2 Å². The molecule has 9 heteroatoms. The summed E-state index contributed by atoms with van der Waals surface area (Å²) >= 11 is 3.10. The predicted molar refractivity (Wildman–Crippen MR) is 145 cm³/mol. The van der Waals surface area contributed by atoms with Crippen LogP contribution in [-0.4, -0.2) is 56.7 Å². The quantitative estimate of drug-likeness (QED) is 0.306. The average Bonchev–Trinajstić information content (AvgIpc) is 3.66. The van der Waals surface area contributed by atoms with E-state index in [1.165, 1.54) is 35.3 Å². The third-order valence-electron chi connectivity index (χ3n) is 6.22. The number of benzene rings is 2. The Balaban J connectivity index is 1.25. The zero-order valence-corrected chi connectivity index (χ0v) is 22.0. The maximum Gasteiger partial charge on any atom is 0.270 e. The van der Waals surface area contributed by atoms with Crippen LogP contribution in [-0.2, 0) is 12.2 Å². The van der Waals surface area contributed by atoms with E-state index in [1.54, 1.807) is 11.8 Å². The summed E-state index contributed by atoms with van der Waals surface area (Å²) in [6.07, 6.45) is 3.21. The summed E-state index contributed by atoms with van der Waals surface area (Å²) in [5.74, 6) is 1.42. The van der Waals surface area contributed by atoms with Crippen LogP contribution in [0.1, 0.15) is 45.3 Å². The molecule has 0 saturated carbocycles. The van der Waals surface area contributed by atoms with Crippen molar-refractivity contribution in [3.05, 3.63) is 87.6 Å². The lowest BCUT2D eigenvalue weighted by Gasteiger charge is -2.14. The number of hydrogen-bond acceptors (Lipinski definition) is 7. The Hall–Kier alpha value is -3.01. The second-order valence-electron chi connectivity index (χ2n) is 8.95. The smallest absolute Gasteiger partial charge is 0.270 e. The van der Waals surface area contributed by atoms with Gasteiger partial charge in [0.2, 0.25) is 0 Å². The molecule has 36 heavy (non-hydrogen) atoms. The molecule has 1 N–H and O–H groups in total. The minimum absolute atomic E-state index is 0.102. The highest BCUT2D eigenvalue weighted by Crippen LogP contribution is 2.27. The van der Waals surface area contributed by atoms with E-state index < -0.39 is 0 Å². The minimum atomic E-state index is -0.102. The van der Waals surface area contributed by atoms with Gasteiger partial charge >= 0.3 is 0 Å². The molecule has 2 aromatic carbocycles. The van der Waals surface area contributed by atoms with E-state index in [1.807, 2.05) is 23.6 Å². The van der Waals surface area contributed by atoms with E-state index in [2.05, 4.69) is 73.3 Å². The number of rotatable bonds is 10. The molecule has 0 atom stereocenters. The molecule has 0 aliphatic carbocycles. The van der Waals surface area contributed by atoms with Crippen LogP contribution < -0.4 is 5.32 Å².